The number of carbonyl (C=O) groups is 4. The van der Waals surface area contributed by atoms with Crippen molar-refractivity contribution in [3.8, 4) is 11.5 Å². The second-order valence-electron chi connectivity index (χ2n) is 15.9. The van der Waals surface area contributed by atoms with E-state index >= 15 is 0 Å². The van der Waals surface area contributed by atoms with Crippen LogP contribution in [0, 0.1) is 23.3 Å². The van der Waals surface area contributed by atoms with Crippen LogP contribution in [0.1, 0.15) is 94.3 Å². The molecule has 0 saturated carbocycles. The smallest absolute Gasteiger partial charge is 0.417 e. The molecule has 2 heterocycles. The number of ether oxygens (including phenoxy) is 2. The van der Waals surface area contributed by atoms with Crippen LogP contribution in [0.5, 0.6) is 0 Å². The molecule has 0 spiro atoms. The first-order chi connectivity index (χ1) is 21.7. The van der Waals surface area contributed by atoms with Crippen LogP contribution >= 0.6 is 15.9 Å². The minimum Gasteiger partial charge on any atom is -0.443 e. The van der Waals surface area contributed by atoms with Gasteiger partial charge in [0.25, 0.3) is 0 Å². The van der Waals surface area contributed by atoms with E-state index in [-0.39, 0.29) is 35.7 Å². The Morgan fingerprint density at radius 3 is 1.66 bits per heavy atom. The second-order valence-corrected chi connectivity index (χ2v) is 21.5. The van der Waals surface area contributed by atoms with Crippen molar-refractivity contribution in [3.05, 3.63) is 68.7 Å². The lowest BCUT2D eigenvalue weighted by atomic mass is 10.0. The van der Waals surface area contributed by atoms with Gasteiger partial charge in [0, 0.05) is 22.9 Å². The average Bonchev–Trinajstić information content (AvgIpc) is 3.63. The van der Waals surface area contributed by atoms with Gasteiger partial charge in [0.1, 0.15) is 19.3 Å². The fourth-order valence-electron chi connectivity index (χ4n) is 6.88. The molecule has 0 bridgehead atoms. The first-order valence-electron chi connectivity index (χ1n) is 16.3. The van der Waals surface area contributed by atoms with Gasteiger partial charge in [-0.15, -0.1) is 5.54 Å². The largest absolute Gasteiger partial charge is 0.443 e. The summed E-state index contributed by atoms with van der Waals surface area (Å²) >= 11 is 3.56. The lowest BCUT2D eigenvalue weighted by Gasteiger charge is -2.27. The predicted molar refractivity (Wildman–Crippen MR) is 186 cm³/mol. The number of imide groups is 2. The third-order valence-electron chi connectivity index (χ3n) is 8.55. The van der Waals surface area contributed by atoms with E-state index in [0.717, 1.165) is 34.0 Å². The number of fused-ring (bicyclic) bond motifs is 6. The highest BCUT2D eigenvalue weighted by Crippen LogP contribution is 2.50. The quantitative estimate of drug-likeness (QED) is 0.202. The molecule has 2 aliphatic carbocycles. The maximum atomic E-state index is 12.6. The summed E-state index contributed by atoms with van der Waals surface area (Å²) in [5.41, 5.74) is 7.74. The number of carbonyl (C=O) groups excluding carboxylic acids is 4. The molecule has 2 aromatic carbocycles. The summed E-state index contributed by atoms with van der Waals surface area (Å²) in [5, 5.41) is 0. The van der Waals surface area contributed by atoms with Crippen molar-refractivity contribution in [3.63, 3.8) is 0 Å². The molecule has 2 saturated heterocycles. The van der Waals surface area contributed by atoms with E-state index in [1.165, 1.54) is 20.9 Å². The summed E-state index contributed by atoms with van der Waals surface area (Å²) in [7, 11) is -1.47. The number of benzene rings is 2. The van der Waals surface area contributed by atoms with Crippen molar-refractivity contribution in [2.24, 2.45) is 11.8 Å². The van der Waals surface area contributed by atoms with E-state index in [2.05, 4.69) is 47.0 Å². The van der Waals surface area contributed by atoms with Gasteiger partial charge in [-0.05, 0) is 101 Å². The van der Waals surface area contributed by atoms with Crippen molar-refractivity contribution in [1.29, 1.82) is 0 Å². The number of hydrogen-bond donors (Lipinski definition) is 0. The zero-order valence-corrected chi connectivity index (χ0v) is 31.4. The molecule has 0 radical (unpaired) electrons. The van der Waals surface area contributed by atoms with Crippen LogP contribution in [-0.4, -0.2) is 53.1 Å². The fourth-order valence-corrected chi connectivity index (χ4v) is 7.93. The van der Waals surface area contributed by atoms with Crippen molar-refractivity contribution in [2.45, 2.75) is 110 Å². The molecule has 0 aromatic heterocycles. The Hall–Kier alpha value is -3.42. The van der Waals surface area contributed by atoms with Crippen molar-refractivity contribution < 1.29 is 28.7 Å². The van der Waals surface area contributed by atoms with E-state index in [1.807, 2.05) is 77.9 Å². The Kier molecular flexibility index (Phi) is 9.32. The highest BCUT2D eigenvalue weighted by atomic mass is 79.9. The number of rotatable bonds is 0. The third-order valence-corrected chi connectivity index (χ3v) is 10.2. The summed E-state index contributed by atoms with van der Waals surface area (Å²) < 4.78 is 11.9. The molecule has 250 valence electrons. The van der Waals surface area contributed by atoms with Crippen LogP contribution in [0.25, 0.3) is 0 Å². The SMILES string of the molecule is CC(C)(C)OC(=O)N1C(=O)CC2Cc3c(Br)cccc3C21.CC(C)(C)OC(=O)N1C(=O)CC2Cc3c(C#C[Si](C)(C)C)cccc3C21. The van der Waals surface area contributed by atoms with Gasteiger partial charge < -0.3 is 9.47 Å². The highest BCUT2D eigenvalue weighted by Gasteiger charge is 2.51. The minimum atomic E-state index is -1.47. The van der Waals surface area contributed by atoms with Crippen LogP contribution in [0.2, 0.25) is 19.6 Å². The summed E-state index contributed by atoms with van der Waals surface area (Å²) in [6.45, 7) is 17.5. The molecule has 4 unspecified atom stereocenters. The molecule has 8 nitrogen and oxygen atoms in total. The molecule has 0 N–H and O–H groups in total. The lowest BCUT2D eigenvalue weighted by Crippen LogP contribution is -2.39. The minimum absolute atomic E-state index is 0.125. The van der Waals surface area contributed by atoms with Gasteiger partial charge >= 0.3 is 12.2 Å². The molecule has 4 aliphatic rings. The zero-order valence-electron chi connectivity index (χ0n) is 28.8. The van der Waals surface area contributed by atoms with Gasteiger partial charge in [0.15, 0.2) is 0 Å². The molecule has 2 aromatic rings. The van der Waals surface area contributed by atoms with E-state index in [9.17, 15) is 19.2 Å². The molecule has 6 rings (SSSR count). The standard InChI is InChI=1S/C21H27NO3Si.C16H18BrNO3/c1-21(2,3)25-20(24)22-18(23)13-15-12-17-14(10-11-26(4,5)6)8-7-9-16(17)19(15)22;1-16(2,3)21-15(20)18-13(19)8-9-7-11-10(14(9)18)5-4-6-12(11)17/h7-9,15,19H,12-13H2,1-6H3;4-6,9,14H,7-8H2,1-3H3. The first kappa shape index (κ1) is 34.9. The van der Waals surface area contributed by atoms with E-state index in [1.54, 1.807) is 0 Å². The number of amides is 4. The molecule has 2 fully saturated rings. The van der Waals surface area contributed by atoms with Crippen LogP contribution in [0.4, 0.5) is 9.59 Å². The van der Waals surface area contributed by atoms with Crippen LogP contribution < -0.4 is 0 Å². The normalized spacial score (nSPS) is 22.8. The molecule has 10 heteroatoms. The highest BCUT2D eigenvalue weighted by molar-refractivity contribution is 9.10. The Labute approximate surface area is 287 Å². The molecular weight excluding hydrogens is 676 g/mol. The third kappa shape index (κ3) is 7.52. The van der Waals surface area contributed by atoms with Crippen LogP contribution in [0.3, 0.4) is 0 Å². The second kappa shape index (κ2) is 12.6. The van der Waals surface area contributed by atoms with Crippen molar-refractivity contribution in [1.82, 2.24) is 9.80 Å². The van der Waals surface area contributed by atoms with Crippen LogP contribution in [-0.2, 0) is 31.9 Å². The number of hydrogen-bond acceptors (Lipinski definition) is 6. The Morgan fingerprint density at radius 1 is 0.745 bits per heavy atom. The van der Waals surface area contributed by atoms with Gasteiger partial charge in [0.2, 0.25) is 11.8 Å². The first-order valence-corrected chi connectivity index (χ1v) is 20.6. The lowest BCUT2D eigenvalue weighted by molar-refractivity contribution is -0.129. The Balaban J connectivity index is 0.000000189. The van der Waals surface area contributed by atoms with Gasteiger partial charge in [0.05, 0.1) is 12.1 Å². The number of halogens is 1. The zero-order chi connectivity index (χ0) is 34.6. The molecule has 4 amide bonds. The Bertz CT molecular complexity index is 1690. The number of nitrogens with zero attached hydrogens (tertiary/aromatic N) is 2. The monoisotopic (exact) mass is 720 g/mol. The van der Waals surface area contributed by atoms with E-state index in [0.29, 0.717) is 12.8 Å². The maximum Gasteiger partial charge on any atom is 0.417 e. The average molecular weight is 722 g/mol. The van der Waals surface area contributed by atoms with Gasteiger partial charge in [-0.2, -0.15) is 0 Å². The maximum absolute atomic E-state index is 12.6. The Morgan fingerprint density at radius 2 is 1.19 bits per heavy atom. The molecule has 47 heavy (non-hydrogen) atoms. The predicted octanol–water partition coefficient (Wildman–Crippen LogP) is 8.13. The summed E-state index contributed by atoms with van der Waals surface area (Å²) in [4.78, 5) is 52.3. The topological polar surface area (TPSA) is 93.2 Å². The van der Waals surface area contributed by atoms with Crippen molar-refractivity contribution >= 4 is 48.0 Å². The molecule has 4 atom stereocenters. The fraction of sp³-hybridized carbons (Fsp3) is 0.514. The van der Waals surface area contributed by atoms with Gasteiger partial charge in [-0.25, -0.2) is 19.4 Å². The summed E-state index contributed by atoms with van der Waals surface area (Å²) in [5.74, 6) is 3.38. The molecule has 2 aliphatic heterocycles. The van der Waals surface area contributed by atoms with Gasteiger partial charge in [-0.1, -0.05) is 65.8 Å². The van der Waals surface area contributed by atoms with Crippen molar-refractivity contribution in [2.75, 3.05) is 0 Å². The summed E-state index contributed by atoms with van der Waals surface area (Å²) in [6, 6.07) is 11.6. The number of likely N-dealkylation sites (tertiary alicyclic amines) is 2. The summed E-state index contributed by atoms with van der Waals surface area (Å²) in [6.07, 6.45) is 1.34. The van der Waals surface area contributed by atoms with Gasteiger partial charge in [-0.3, -0.25) is 9.59 Å². The van der Waals surface area contributed by atoms with E-state index < -0.39 is 31.5 Å². The van der Waals surface area contributed by atoms with E-state index in [4.69, 9.17) is 9.47 Å². The molecular formula is C37H45BrN2O6Si. The van der Waals surface area contributed by atoms with Crippen LogP contribution in [0.15, 0.2) is 40.9 Å².